The van der Waals surface area contributed by atoms with Gasteiger partial charge in [-0.3, -0.25) is 9.59 Å². The summed E-state index contributed by atoms with van der Waals surface area (Å²) in [6, 6.07) is 7.42. The van der Waals surface area contributed by atoms with Crippen molar-refractivity contribution in [3.63, 3.8) is 0 Å². The Bertz CT molecular complexity index is 999. The number of amides is 2. The van der Waals surface area contributed by atoms with Gasteiger partial charge in [0.25, 0.3) is 5.91 Å². The van der Waals surface area contributed by atoms with Crippen LogP contribution < -0.4 is 11.1 Å². The Balaban J connectivity index is 1.64. The van der Waals surface area contributed by atoms with E-state index < -0.39 is 0 Å². The van der Waals surface area contributed by atoms with Crippen LogP contribution in [0.25, 0.3) is 6.08 Å². The maximum Gasteiger partial charge on any atom is 0.253 e. The van der Waals surface area contributed by atoms with Crippen molar-refractivity contribution in [1.29, 1.82) is 0 Å². The minimum atomic E-state index is 0.0481. The fraction of sp³-hybridized carbons (Fsp3) is 0.440. The Morgan fingerprint density at radius 2 is 1.88 bits per heavy atom. The number of anilines is 2. The van der Waals surface area contributed by atoms with Gasteiger partial charge in [-0.25, -0.2) is 4.98 Å². The molecule has 0 atom stereocenters. The fourth-order valence-electron chi connectivity index (χ4n) is 3.72. The lowest BCUT2D eigenvalue weighted by Gasteiger charge is -2.32. The van der Waals surface area contributed by atoms with E-state index in [1.54, 1.807) is 12.3 Å². The number of unbranched alkanes of at least 4 members (excludes halogenated alkanes) is 1. The van der Waals surface area contributed by atoms with Crippen LogP contribution in [0.4, 0.5) is 11.8 Å². The molecule has 0 aliphatic carbocycles. The highest BCUT2D eigenvalue weighted by atomic mass is 16.2. The van der Waals surface area contributed by atoms with Crippen molar-refractivity contribution < 1.29 is 9.59 Å². The largest absolute Gasteiger partial charge is 0.370 e. The van der Waals surface area contributed by atoms with E-state index in [0.717, 1.165) is 63.1 Å². The van der Waals surface area contributed by atoms with Crippen molar-refractivity contribution in [3.8, 4) is 0 Å². The van der Waals surface area contributed by atoms with Gasteiger partial charge in [0.1, 0.15) is 5.82 Å². The Morgan fingerprint density at radius 1 is 1.18 bits per heavy atom. The van der Waals surface area contributed by atoms with E-state index >= 15 is 0 Å². The van der Waals surface area contributed by atoms with Crippen LogP contribution in [0.2, 0.25) is 0 Å². The van der Waals surface area contributed by atoms with E-state index in [-0.39, 0.29) is 11.9 Å². The van der Waals surface area contributed by atoms with Gasteiger partial charge in [-0.15, -0.1) is 0 Å². The smallest absolute Gasteiger partial charge is 0.253 e. The van der Waals surface area contributed by atoms with Gasteiger partial charge in [-0.2, -0.15) is 4.98 Å². The third-order valence-corrected chi connectivity index (χ3v) is 5.94. The average Bonchev–Trinajstić information content (AvgIpc) is 2.84. The second-order valence-electron chi connectivity index (χ2n) is 8.61. The molecule has 9 nitrogen and oxygen atoms in total. The molecule has 2 heterocycles. The molecular formula is C25H35N7O2. The molecule has 1 saturated heterocycles. The summed E-state index contributed by atoms with van der Waals surface area (Å²) < 4.78 is 0. The molecule has 0 saturated carbocycles. The summed E-state index contributed by atoms with van der Waals surface area (Å²) in [5, 5.41) is 3.30. The molecule has 9 heteroatoms. The summed E-state index contributed by atoms with van der Waals surface area (Å²) in [5.74, 6) is 0.938. The van der Waals surface area contributed by atoms with Crippen LogP contribution in [0, 0.1) is 6.92 Å². The third-order valence-electron chi connectivity index (χ3n) is 5.94. The summed E-state index contributed by atoms with van der Waals surface area (Å²) in [5.41, 5.74) is 9.00. The van der Waals surface area contributed by atoms with Crippen molar-refractivity contribution in [3.05, 3.63) is 52.8 Å². The summed E-state index contributed by atoms with van der Waals surface area (Å²) in [7, 11) is 2.06. The van der Waals surface area contributed by atoms with Crippen molar-refractivity contribution >= 4 is 30.2 Å². The normalized spacial score (nSPS) is 14.4. The first-order chi connectivity index (χ1) is 16.4. The van der Waals surface area contributed by atoms with E-state index in [9.17, 15) is 9.59 Å². The van der Waals surface area contributed by atoms with Crippen molar-refractivity contribution in [2.45, 2.75) is 33.2 Å². The molecule has 34 heavy (non-hydrogen) atoms. The molecule has 1 aliphatic rings. The summed E-state index contributed by atoms with van der Waals surface area (Å²) in [6.45, 7) is 8.50. The maximum absolute atomic E-state index is 12.7. The Kier molecular flexibility index (Phi) is 8.98. The number of benzene rings is 1. The monoisotopic (exact) mass is 465 g/mol. The Hall–Kier alpha value is -3.46. The van der Waals surface area contributed by atoms with Gasteiger partial charge < -0.3 is 25.8 Å². The summed E-state index contributed by atoms with van der Waals surface area (Å²) in [4.78, 5) is 38.6. The molecule has 0 radical (unpaired) electrons. The van der Waals surface area contributed by atoms with Gasteiger partial charge in [-0.05, 0) is 44.2 Å². The molecule has 2 aromatic rings. The molecule has 3 N–H and O–H groups in total. The molecule has 1 aromatic heterocycles. The van der Waals surface area contributed by atoms with Crippen LogP contribution in [0.15, 0.2) is 30.5 Å². The van der Waals surface area contributed by atoms with Crippen LogP contribution in [0.1, 0.15) is 46.9 Å². The summed E-state index contributed by atoms with van der Waals surface area (Å²) in [6.07, 6.45) is 6.32. The molecule has 0 spiro atoms. The zero-order valence-electron chi connectivity index (χ0n) is 20.3. The number of nitrogens with one attached hydrogen (secondary N) is 1. The fourth-order valence-corrected chi connectivity index (χ4v) is 3.72. The lowest BCUT2D eigenvalue weighted by Crippen LogP contribution is -2.47. The highest BCUT2D eigenvalue weighted by molar-refractivity contribution is 5.94. The number of hydrogen-bond donors (Lipinski definition) is 2. The van der Waals surface area contributed by atoms with Crippen LogP contribution in [-0.2, 0) is 11.3 Å². The van der Waals surface area contributed by atoms with Crippen molar-refractivity contribution in [2.75, 3.05) is 50.8 Å². The number of nitrogens with zero attached hydrogens (tertiary/aromatic N) is 5. The second-order valence-corrected chi connectivity index (χ2v) is 8.61. The number of rotatable bonds is 10. The first-order valence-electron chi connectivity index (χ1n) is 11.7. The number of nitrogens with two attached hydrogens (primary N) is 1. The maximum atomic E-state index is 12.7. The van der Waals surface area contributed by atoms with Crippen LogP contribution >= 0.6 is 0 Å². The van der Waals surface area contributed by atoms with Gasteiger partial charge in [0.2, 0.25) is 12.4 Å². The van der Waals surface area contributed by atoms with E-state index in [2.05, 4.69) is 34.2 Å². The van der Waals surface area contributed by atoms with Gasteiger partial charge >= 0.3 is 0 Å². The zero-order chi connectivity index (χ0) is 24.5. The zero-order valence-corrected chi connectivity index (χ0v) is 20.3. The highest BCUT2D eigenvalue weighted by Gasteiger charge is 2.20. The number of nitrogen functional groups attached to an aromatic ring is 1. The quantitative estimate of drug-likeness (QED) is 0.410. The van der Waals surface area contributed by atoms with Crippen LogP contribution in [0.3, 0.4) is 0 Å². The van der Waals surface area contributed by atoms with Gasteiger partial charge in [0.05, 0.1) is 5.69 Å². The molecule has 1 fully saturated rings. The van der Waals surface area contributed by atoms with E-state index in [0.29, 0.717) is 23.6 Å². The molecular weight excluding hydrogens is 430 g/mol. The number of aromatic nitrogens is 2. The van der Waals surface area contributed by atoms with Gasteiger partial charge in [-0.1, -0.05) is 25.5 Å². The number of piperazine rings is 1. The Labute approximate surface area is 201 Å². The first kappa shape index (κ1) is 25.2. The van der Waals surface area contributed by atoms with E-state index in [1.807, 2.05) is 36.1 Å². The minimum absolute atomic E-state index is 0.0481. The van der Waals surface area contributed by atoms with Crippen molar-refractivity contribution in [1.82, 2.24) is 24.7 Å². The van der Waals surface area contributed by atoms with Crippen LogP contribution in [0.5, 0.6) is 0 Å². The molecule has 2 amide bonds. The predicted octanol–water partition coefficient (Wildman–Crippen LogP) is 2.60. The molecule has 1 aliphatic heterocycles. The number of carbonyl (C=O) groups is 2. The molecule has 1 aromatic carbocycles. The highest BCUT2D eigenvalue weighted by Crippen LogP contribution is 2.19. The minimum Gasteiger partial charge on any atom is -0.370 e. The average molecular weight is 466 g/mol. The van der Waals surface area contributed by atoms with Crippen LogP contribution in [-0.4, -0.2) is 76.8 Å². The Morgan fingerprint density at radius 3 is 2.53 bits per heavy atom. The molecule has 3 rings (SSSR count). The van der Waals surface area contributed by atoms with Crippen molar-refractivity contribution in [2.24, 2.45) is 0 Å². The first-order valence-corrected chi connectivity index (χ1v) is 11.7. The number of carbonyl (C=O) groups excluding carboxylic acids is 2. The number of likely N-dealkylation sites (N-methyl/N-ethyl adjacent to an activating group) is 1. The third kappa shape index (κ3) is 6.77. The lowest BCUT2D eigenvalue weighted by molar-refractivity contribution is -0.116. The molecule has 0 unspecified atom stereocenters. The van der Waals surface area contributed by atoms with E-state index in [4.69, 9.17) is 5.73 Å². The van der Waals surface area contributed by atoms with Gasteiger partial charge in [0, 0.05) is 56.6 Å². The molecule has 182 valence electrons. The van der Waals surface area contributed by atoms with E-state index in [1.165, 1.54) is 4.90 Å². The lowest BCUT2D eigenvalue weighted by atomic mass is 10.1. The molecule has 0 bridgehead atoms. The standard InChI is InChI=1S/C25H35N7O2/c1-4-5-11-27-23-19(2)22(28-25(26)29-23)10-12-31(18-33)17-20-6-8-21(9-7-20)24(34)32-15-13-30(3)14-16-32/h6-10,12,18H,4-5,11,13-17H2,1-3H3,(H3,26,27,28,29)/b12-10-. The summed E-state index contributed by atoms with van der Waals surface area (Å²) >= 11 is 0. The topological polar surface area (TPSA) is 108 Å². The van der Waals surface area contributed by atoms with Gasteiger partial charge in [0.15, 0.2) is 0 Å². The second kappa shape index (κ2) is 12.1. The SMILES string of the molecule is CCCCNc1nc(N)nc(/C=C\N(C=O)Cc2ccc(C(=O)N3CCN(C)CC3)cc2)c1C. The predicted molar refractivity (Wildman–Crippen MR) is 135 cm³/mol. The number of hydrogen-bond acceptors (Lipinski definition) is 7.